The first kappa shape index (κ1) is 18.8. The van der Waals surface area contributed by atoms with Crippen LogP contribution < -0.4 is 20.4 Å². The van der Waals surface area contributed by atoms with E-state index in [0.717, 1.165) is 5.69 Å². The van der Waals surface area contributed by atoms with Gasteiger partial charge in [-0.25, -0.2) is 4.79 Å². The molecule has 0 radical (unpaired) electrons. The Labute approximate surface area is 160 Å². The second-order valence-electron chi connectivity index (χ2n) is 5.53. The number of nitrogens with one attached hydrogen (secondary N) is 2. The average Bonchev–Trinajstić information content (AvgIpc) is 3.05. The Morgan fingerprint density at radius 1 is 1.19 bits per heavy atom. The van der Waals surface area contributed by atoms with Crippen LogP contribution in [0.3, 0.4) is 0 Å². The lowest BCUT2D eigenvalue weighted by Crippen LogP contribution is -2.36. The van der Waals surface area contributed by atoms with Gasteiger partial charge in [-0.15, -0.1) is 0 Å². The molecule has 0 saturated heterocycles. The van der Waals surface area contributed by atoms with Crippen molar-refractivity contribution in [3.63, 3.8) is 0 Å². The van der Waals surface area contributed by atoms with E-state index in [1.807, 2.05) is 55.5 Å². The van der Waals surface area contributed by atoms with Gasteiger partial charge < -0.3 is 10.1 Å². The Morgan fingerprint density at radius 3 is 2.70 bits per heavy atom. The summed E-state index contributed by atoms with van der Waals surface area (Å²) < 4.78 is 12.0. The van der Waals surface area contributed by atoms with Gasteiger partial charge in [0.15, 0.2) is 0 Å². The molecule has 0 fully saturated rings. The number of hydrogen-bond acceptors (Lipinski definition) is 5. The van der Waals surface area contributed by atoms with Gasteiger partial charge in [-0.1, -0.05) is 30.3 Å². The predicted molar refractivity (Wildman–Crippen MR) is 102 cm³/mol. The van der Waals surface area contributed by atoms with Crippen LogP contribution in [0.25, 0.3) is 5.69 Å². The van der Waals surface area contributed by atoms with Crippen molar-refractivity contribution in [3.05, 3.63) is 65.0 Å². The monoisotopic (exact) mass is 386 g/mol. The highest BCUT2D eigenvalue weighted by Gasteiger charge is 2.23. The molecule has 140 valence electrons. The third kappa shape index (κ3) is 4.79. The predicted octanol–water partition coefficient (Wildman–Crippen LogP) is 2.76. The molecule has 27 heavy (non-hydrogen) atoms. The van der Waals surface area contributed by atoms with Crippen molar-refractivity contribution < 1.29 is 18.7 Å². The second-order valence-corrected chi connectivity index (χ2v) is 6.62. The first-order valence-electron chi connectivity index (χ1n) is 8.52. The summed E-state index contributed by atoms with van der Waals surface area (Å²) in [5.74, 6) is 0.910. The number of carbonyl (C=O) groups is 1. The zero-order chi connectivity index (χ0) is 19.1. The van der Waals surface area contributed by atoms with E-state index in [1.54, 1.807) is 10.7 Å². The van der Waals surface area contributed by atoms with Gasteiger partial charge in [-0.3, -0.25) is 9.32 Å². The summed E-state index contributed by atoms with van der Waals surface area (Å²) in [5.41, 5.74) is 0.946. The molecule has 1 aromatic heterocycles. The van der Waals surface area contributed by atoms with Gasteiger partial charge in [0.2, 0.25) is 11.6 Å². The molecule has 8 heteroatoms. The van der Waals surface area contributed by atoms with E-state index in [2.05, 4.69) is 10.6 Å². The summed E-state index contributed by atoms with van der Waals surface area (Å²) in [5, 5.41) is 5.82. The first-order valence-corrected chi connectivity index (χ1v) is 9.51. The van der Waals surface area contributed by atoms with E-state index in [-0.39, 0.29) is 12.3 Å². The van der Waals surface area contributed by atoms with Crippen molar-refractivity contribution in [1.29, 1.82) is 0 Å². The number of nitrogens with zero attached hydrogens (tertiary/aromatic N) is 1. The summed E-state index contributed by atoms with van der Waals surface area (Å²) in [7, 11) is 0. The Bertz CT molecular complexity index is 953. The molecule has 0 unspecified atom stereocenters. The number of aromatic amines is 1. The minimum absolute atomic E-state index is 0.152. The van der Waals surface area contributed by atoms with Crippen molar-refractivity contribution in [2.24, 2.45) is 0 Å². The Balaban J connectivity index is 1.60. The van der Waals surface area contributed by atoms with E-state index in [1.165, 1.54) is 11.8 Å². The molecule has 0 aliphatic carbocycles. The van der Waals surface area contributed by atoms with E-state index in [0.29, 0.717) is 28.8 Å². The van der Waals surface area contributed by atoms with Crippen LogP contribution in [0.5, 0.6) is 5.75 Å². The number of benzene rings is 2. The van der Waals surface area contributed by atoms with Crippen LogP contribution in [-0.2, 0) is 4.79 Å². The standard InChI is InChI=1S/C19H19N3O4S/c1-2-25-16-11-7-6-10-15(16)20-17(23)12-13-27-18-19(24)26-21-22(18)14-8-4-3-5-9-14/h3-11H,2,12-13H2,1H3,(H-,20,21,23,24)/p+1. The topological polar surface area (TPSA) is 88.2 Å². The molecule has 1 heterocycles. The van der Waals surface area contributed by atoms with E-state index in [9.17, 15) is 9.59 Å². The molecular weight excluding hydrogens is 366 g/mol. The number of aromatic nitrogens is 2. The normalized spacial score (nSPS) is 10.6. The Kier molecular flexibility index (Phi) is 6.32. The van der Waals surface area contributed by atoms with Crippen molar-refractivity contribution >= 4 is 23.4 Å². The number of H-pyrrole nitrogens is 1. The maximum absolute atomic E-state index is 12.2. The molecule has 3 aromatic rings. The van der Waals surface area contributed by atoms with Crippen LogP contribution >= 0.6 is 11.8 Å². The zero-order valence-corrected chi connectivity index (χ0v) is 15.6. The molecule has 7 nitrogen and oxygen atoms in total. The molecule has 0 bridgehead atoms. The molecular formula is C19H20N3O4S+. The van der Waals surface area contributed by atoms with Crippen LogP contribution in [0.1, 0.15) is 13.3 Å². The number of rotatable bonds is 8. The lowest BCUT2D eigenvalue weighted by Gasteiger charge is -2.10. The minimum Gasteiger partial charge on any atom is -0.492 e. The molecule has 0 aliphatic heterocycles. The molecule has 2 N–H and O–H groups in total. The minimum atomic E-state index is -0.467. The zero-order valence-electron chi connectivity index (χ0n) is 14.8. The number of anilines is 1. The van der Waals surface area contributed by atoms with Crippen LogP contribution in [0.2, 0.25) is 0 Å². The highest BCUT2D eigenvalue weighted by Crippen LogP contribution is 2.24. The summed E-state index contributed by atoms with van der Waals surface area (Å²) in [6.45, 7) is 2.41. The SMILES string of the molecule is CCOc1ccccc1NC(=O)CCSc1c(=O)o[nH][n+]1-c1ccccc1. The Morgan fingerprint density at radius 2 is 1.93 bits per heavy atom. The smallest absolute Gasteiger partial charge is 0.442 e. The molecule has 1 amide bonds. The maximum Gasteiger partial charge on any atom is 0.442 e. The number of hydrogen-bond donors (Lipinski definition) is 2. The lowest BCUT2D eigenvalue weighted by atomic mass is 10.3. The molecule has 2 aromatic carbocycles. The molecule has 0 spiro atoms. The van der Waals surface area contributed by atoms with Gasteiger partial charge in [0.1, 0.15) is 5.75 Å². The summed E-state index contributed by atoms with van der Waals surface area (Å²) >= 11 is 1.26. The lowest BCUT2D eigenvalue weighted by molar-refractivity contribution is -0.704. The summed E-state index contributed by atoms with van der Waals surface area (Å²) in [6, 6.07) is 16.6. The molecule has 0 aliphatic rings. The van der Waals surface area contributed by atoms with Gasteiger partial charge in [0, 0.05) is 24.3 Å². The molecule has 0 saturated carbocycles. The maximum atomic E-state index is 12.2. The highest BCUT2D eigenvalue weighted by molar-refractivity contribution is 7.99. The van der Waals surface area contributed by atoms with Gasteiger partial charge >= 0.3 is 10.7 Å². The largest absolute Gasteiger partial charge is 0.492 e. The molecule has 3 rings (SSSR count). The van der Waals surface area contributed by atoms with Crippen LogP contribution in [0.4, 0.5) is 5.69 Å². The third-order valence-corrected chi connectivity index (χ3v) is 4.68. The van der Waals surface area contributed by atoms with Gasteiger partial charge in [0.05, 0.1) is 12.3 Å². The van der Waals surface area contributed by atoms with Gasteiger partial charge in [-0.05, 0) is 40.8 Å². The quantitative estimate of drug-likeness (QED) is 0.459. The fourth-order valence-electron chi connectivity index (χ4n) is 2.44. The van der Waals surface area contributed by atoms with E-state index >= 15 is 0 Å². The fraction of sp³-hybridized carbons (Fsp3) is 0.211. The van der Waals surface area contributed by atoms with E-state index in [4.69, 9.17) is 9.26 Å². The van der Waals surface area contributed by atoms with Crippen LogP contribution in [0.15, 0.2) is 68.9 Å². The van der Waals surface area contributed by atoms with Gasteiger partial charge in [-0.2, -0.15) is 0 Å². The van der Waals surface area contributed by atoms with Crippen molar-refractivity contribution in [3.8, 4) is 11.4 Å². The van der Waals surface area contributed by atoms with Crippen molar-refractivity contribution in [2.75, 3.05) is 17.7 Å². The van der Waals surface area contributed by atoms with E-state index < -0.39 is 5.63 Å². The fourth-order valence-corrected chi connectivity index (χ4v) is 3.35. The third-order valence-electron chi connectivity index (χ3n) is 3.65. The number of thioether (sulfide) groups is 1. The number of carbonyl (C=O) groups excluding carboxylic acids is 1. The second kappa shape index (κ2) is 9.09. The first-order chi connectivity index (χ1) is 13.2. The highest BCUT2D eigenvalue weighted by atomic mass is 32.2. The van der Waals surface area contributed by atoms with Crippen molar-refractivity contribution in [2.45, 2.75) is 18.4 Å². The summed E-state index contributed by atoms with van der Waals surface area (Å²) in [4.78, 5) is 24.2. The molecule has 0 atom stereocenters. The number of para-hydroxylation sites is 3. The number of amides is 1. The summed E-state index contributed by atoms with van der Waals surface area (Å²) in [6.07, 6.45) is 0.241. The van der Waals surface area contributed by atoms with Crippen molar-refractivity contribution in [1.82, 2.24) is 5.27 Å². The Hall–Kier alpha value is -3.00. The average molecular weight is 386 g/mol. The van der Waals surface area contributed by atoms with Crippen LogP contribution in [0, 0.1) is 0 Å². The van der Waals surface area contributed by atoms with Gasteiger partial charge in [0.25, 0.3) is 0 Å². The van der Waals surface area contributed by atoms with Crippen LogP contribution in [-0.4, -0.2) is 23.5 Å². The number of ether oxygens (including phenoxy) is 1.